The zero-order chi connectivity index (χ0) is 8.31. The van der Waals surface area contributed by atoms with E-state index in [4.69, 9.17) is 33.8 Å². The van der Waals surface area contributed by atoms with Crippen molar-refractivity contribution >= 4 is 35.7 Å². The molecule has 0 aliphatic heterocycles. The number of hydrazine groups is 1. The minimum Gasteiger partial charge on any atom is -0.463 e. The minimum absolute atomic E-state index is 0.106. The van der Waals surface area contributed by atoms with Crippen LogP contribution in [0.4, 0.5) is 9.59 Å². The van der Waals surface area contributed by atoms with Gasteiger partial charge in [0.05, 0.1) is 0 Å². The Labute approximate surface area is 65.3 Å². The van der Waals surface area contributed by atoms with E-state index in [1.807, 2.05) is 0 Å². The van der Waals surface area contributed by atoms with Crippen molar-refractivity contribution in [3.8, 4) is 0 Å². The van der Waals surface area contributed by atoms with Crippen LogP contribution >= 0.6 is 23.6 Å². The summed E-state index contributed by atoms with van der Waals surface area (Å²) in [6.07, 6.45) is -3.56. The maximum absolute atomic E-state index is 9.92. The molecule has 0 atom stereocenters. The molecule has 0 aliphatic rings. The van der Waals surface area contributed by atoms with Gasteiger partial charge >= 0.3 is 12.2 Å². The molecule has 0 heterocycles. The summed E-state index contributed by atoms with van der Waals surface area (Å²) in [4.78, 5) is 19.8. The third-order valence-electron chi connectivity index (χ3n) is 0.514. The molecule has 0 saturated heterocycles. The monoisotopic (exact) mass is 188 g/mol. The second-order valence-electron chi connectivity index (χ2n) is 1.09. The van der Waals surface area contributed by atoms with E-state index in [0.29, 0.717) is 0 Å². The molecule has 0 saturated carbocycles. The molecule has 8 heteroatoms. The van der Waals surface area contributed by atoms with Crippen molar-refractivity contribution in [1.29, 1.82) is 0 Å². The first-order valence-corrected chi connectivity index (χ1v) is 2.52. The van der Waals surface area contributed by atoms with Crippen LogP contribution in [0.3, 0.4) is 0 Å². The van der Waals surface area contributed by atoms with E-state index in [1.165, 1.54) is 0 Å². The highest BCUT2D eigenvalue weighted by Crippen LogP contribution is 2.06. The fourth-order valence-electron chi connectivity index (χ4n) is 0.211. The number of amides is 2. The van der Waals surface area contributed by atoms with Gasteiger partial charge in [-0.05, 0) is 4.05 Å². The van der Waals surface area contributed by atoms with Crippen LogP contribution in [0.5, 0.6) is 0 Å². The zero-order valence-electron chi connectivity index (χ0n) is 4.36. The summed E-state index contributed by atoms with van der Waals surface area (Å²) in [6, 6.07) is 0. The van der Waals surface area contributed by atoms with E-state index in [0.717, 1.165) is 0 Å². The fourth-order valence-corrected chi connectivity index (χ4v) is 0.470. The summed E-state index contributed by atoms with van der Waals surface area (Å²) in [7, 11) is 0. The van der Waals surface area contributed by atoms with Crippen molar-refractivity contribution in [2.24, 2.45) is 0 Å². The molecule has 10 heavy (non-hydrogen) atoms. The average Bonchev–Trinajstić information content (AvgIpc) is 1.59. The predicted molar refractivity (Wildman–Crippen MR) is 31.4 cm³/mol. The molecule has 0 spiro atoms. The molecule has 0 unspecified atom stereocenters. The van der Waals surface area contributed by atoms with Gasteiger partial charge in [-0.2, -0.15) is 0 Å². The number of rotatable bonds is 1. The van der Waals surface area contributed by atoms with Gasteiger partial charge in [-0.15, -0.1) is 5.01 Å². The molecule has 58 valence electrons. The molecular formula is C2H2Cl2N2O4. The summed E-state index contributed by atoms with van der Waals surface area (Å²) in [6.45, 7) is 0. The minimum atomic E-state index is -1.78. The number of nitrogens with zero attached hydrogens (tertiary/aromatic N) is 2. The first-order valence-electron chi connectivity index (χ1n) is 1.84. The van der Waals surface area contributed by atoms with Crippen LogP contribution in [0.2, 0.25) is 0 Å². The van der Waals surface area contributed by atoms with Gasteiger partial charge in [0.2, 0.25) is 0 Å². The summed E-state index contributed by atoms with van der Waals surface area (Å²) < 4.78 is -0.106. The lowest BCUT2D eigenvalue weighted by molar-refractivity contribution is 0.0878. The Morgan fingerprint density at radius 1 is 1.10 bits per heavy atom. The van der Waals surface area contributed by atoms with Crippen molar-refractivity contribution < 1.29 is 19.8 Å². The van der Waals surface area contributed by atoms with Crippen LogP contribution in [0.1, 0.15) is 0 Å². The number of carbonyl (C=O) groups is 2. The van der Waals surface area contributed by atoms with E-state index in [-0.39, 0.29) is 9.06 Å². The van der Waals surface area contributed by atoms with Crippen LogP contribution in [0.15, 0.2) is 0 Å². The van der Waals surface area contributed by atoms with Crippen LogP contribution < -0.4 is 0 Å². The van der Waals surface area contributed by atoms with Crippen molar-refractivity contribution in [1.82, 2.24) is 9.06 Å². The van der Waals surface area contributed by atoms with Crippen LogP contribution in [0, 0.1) is 0 Å². The molecule has 0 aromatic carbocycles. The maximum Gasteiger partial charge on any atom is 0.434 e. The normalized spacial score (nSPS) is 9.50. The summed E-state index contributed by atoms with van der Waals surface area (Å²) in [5, 5.41) is 15.8. The number of halogens is 2. The van der Waals surface area contributed by atoms with Crippen molar-refractivity contribution in [2.45, 2.75) is 0 Å². The van der Waals surface area contributed by atoms with Crippen molar-refractivity contribution in [3.63, 3.8) is 0 Å². The smallest absolute Gasteiger partial charge is 0.434 e. The van der Waals surface area contributed by atoms with Crippen LogP contribution in [-0.4, -0.2) is 31.5 Å². The molecule has 0 rings (SSSR count). The zero-order valence-corrected chi connectivity index (χ0v) is 5.87. The second-order valence-corrected chi connectivity index (χ2v) is 1.91. The first kappa shape index (κ1) is 9.28. The van der Waals surface area contributed by atoms with Gasteiger partial charge in [0, 0.05) is 23.6 Å². The summed E-state index contributed by atoms with van der Waals surface area (Å²) in [5.74, 6) is 0. The maximum atomic E-state index is 9.92. The van der Waals surface area contributed by atoms with E-state index >= 15 is 0 Å². The molecule has 0 fully saturated rings. The molecule has 2 amide bonds. The highest BCUT2D eigenvalue weighted by Gasteiger charge is 2.25. The van der Waals surface area contributed by atoms with Gasteiger partial charge in [-0.3, -0.25) is 0 Å². The molecule has 0 aromatic rings. The lowest BCUT2D eigenvalue weighted by Crippen LogP contribution is -2.39. The van der Waals surface area contributed by atoms with Gasteiger partial charge in [-0.1, -0.05) is 0 Å². The molecule has 6 nitrogen and oxygen atoms in total. The Morgan fingerprint density at radius 3 is 1.40 bits per heavy atom. The van der Waals surface area contributed by atoms with Gasteiger partial charge in [-0.25, -0.2) is 9.59 Å². The molecule has 0 aliphatic carbocycles. The van der Waals surface area contributed by atoms with E-state index in [2.05, 4.69) is 0 Å². The van der Waals surface area contributed by atoms with E-state index in [1.54, 1.807) is 0 Å². The SMILES string of the molecule is O=C(O)N(C(=O)O)N(Cl)Cl. The van der Waals surface area contributed by atoms with Gasteiger partial charge in [0.15, 0.2) is 0 Å². The standard InChI is InChI=1S/C2H2Cl2N2O4/c3-6(4)5(1(7)8)2(9)10/h(H,7,8)(H,9,10). The number of imide groups is 1. The van der Waals surface area contributed by atoms with Gasteiger partial charge in [0.1, 0.15) is 0 Å². The van der Waals surface area contributed by atoms with E-state index in [9.17, 15) is 9.59 Å². The topological polar surface area (TPSA) is 81.1 Å². The third-order valence-corrected chi connectivity index (χ3v) is 0.816. The molecule has 0 aromatic heterocycles. The van der Waals surface area contributed by atoms with Crippen LogP contribution in [0.25, 0.3) is 0 Å². The van der Waals surface area contributed by atoms with Crippen molar-refractivity contribution in [2.75, 3.05) is 0 Å². The fraction of sp³-hybridized carbons (Fsp3) is 0. The Morgan fingerprint density at radius 2 is 1.40 bits per heavy atom. The number of hydrogen-bond donors (Lipinski definition) is 2. The van der Waals surface area contributed by atoms with Gasteiger partial charge in [0.25, 0.3) is 0 Å². The quantitative estimate of drug-likeness (QED) is 0.477. The predicted octanol–water partition coefficient (Wildman–Crippen LogP) is 1.17. The Balaban J connectivity index is 4.27. The number of carboxylic acid groups (broad SMARTS) is 2. The Kier molecular flexibility index (Phi) is 3.20. The molecular weight excluding hydrogens is 187 g/mol. The summed E-state index contributed by atoms with van der Waals surface area (Å²) >= 11 is 9.59. The lowest BCUT2D eigenvalue weighted by atomic mass is 11.0. The Bertz CT molecular complexity index is 145. The molecule has 0 bridgehead atoms. The van der Waals surface area contributed by atoms with Crippen molar-refractivity contribution in [3.05, 3.63) is 0 Å². The van der Waals surface area contributed by atoms with E-state index < -0.39 is 12.2 Å². The largest absolute Gasteiger partial charge is 0.463 e. The highest BCUT2D eigenvalue weighted by molar-refractivity contribution is 6.34. The number of hydrogen-bond acceptors (Lipinski definition) is 3. The Hall–Kier alpha value is -0.720. The molecule has 0 radical (unpaired) electrons. The van der Waals surface area contributed by atoms with Gasteiger partial charge < -0.3 is 10.2 Å². The average molecular weight is 189 g/mol. The highest BCUT2D eigenvalue weighted by atomic mass is 35.5. The second kappa shape index (κ2) is 3.45. The first-order chi connectivity index (χ1) is 4.46. The lowest BCUT2D eigenvalue weighted by Gasteiger charge is -2.13. The summed E-state index contributed by atoms with van der Waals surface area (Å²) in [5.41, 5.74) is 0. The molecule has 2 N–H and O–H groups in total. The van der Waals surface area contributed by atoms with Crippen LogP contribution in [-0.2, 0) is 0 Å². The third kappa shape index (κ3) is 2.26.